The summed E-state index contributed by atoms with van der Waals surface area (Å²) in [6.45, 7) is 0. The van der Waals surface area contributed by atoms with Crippen LogP contribution in [0.3, 0.4) is 0 Å². The van der Waals surface area contributed by atoms with Crippen molar-refractivity contribution in [1.29, 1.82) is 0 Å². The number of hydrogen-bond acceptors (Lipinski definition) is 2. The maximum absolute atomic E-state index is 11.1. The van der Waals surface area contributed by atoms with E-state index < -0.39 is 0 Å². The molecular weight excluding hydrogens is 200 g/mol. The van der Waals surface area contributed by atoms with Crippen molar-refractivity contribution in [3.63, 3.8) is 0 Å². The summed E-state index contributed by atoms with van der Waals surface area (Å²) in [5.74, 6) is 0.532. The van der Waals surface area contributed by atoms with Crippen LogP contribution in [0.15, 0.2) is 48.5 Å². The van der Waals surface area contributed by atoms with Crippen LogP contribution in [-0.2, 0) is 11.2 Å². The molecule has 1 aliphatic heterocycles. The van der Waals surface area contributed by atoms with Gasteiger partial charge in [-0.3, -0.25) is 4.79 Å². The number of hydrogen-bond donors (Lipinski definition) is 0. The zero-order valence-corrected chi connectivity index (χ0v) is 8.64. The molecule has 3 rings (SSSR count). The van der Waals surface area contributed by atoms with Crippen molar-refractivity contribution >= 4 is 5.97 Å². The molecule has 1 aliphatic rings. The van der Waals surface area contributed by atoms with Gasteiger partial charge in [-0.05, 0) is 23.3 Å². The maximum atomic E-state index is 11.1. The highest BCUT2D eigenvalue weighted by atomic mass is 16.5. The summed E-state index contributed by atoms with van der Waals surface area (Å²) in [6.07, 6.45) is 0.385. The minimum absolute atomic E-state index is 0.166. The summed E-state index contributed by atoms with van der Waals surface area (Å²) in [5, 5.41) is 0. The summed E-state index contributed by atoms with van der Waals surface area (Å²) in [4.78, 5) is 11.1. The number of fused-ring (bicyclic) bond motifs is 1. The highest BCUT2D eigenvalue weighted by Crippen LogP contribution is 2.30. The quantitative estimate of drug-likeness (QED) is 0.534. The Morgan fingerprint density at radius 2 is 1.75 bits per heavy atom. The molecule has 16 heavy (non-hydrogen) atoms. The van der Waals surface area contributed by atoms with Gasteiger partial charge in [0.05, 0.1) is 6.42 Å². The average molecular weight is 210 g/mol. The Morgan fingerprint density at radius 1 is 0.938 bits per heavy atom. The lowest BCUT2D eigenvalue weighted by molar-refractivity contribution is -0.131. The molecule has 0 saturated carbocycles. The molecule has 2 nitrogen and oxygen atoms in total. The highest BCUT2D eigenvalue weighted by molar-refractivity contribution is 5.82. The Balaban J connectivity index is 2.06. The maximum Gasteiger partial charge on any atom is 0.315 e. The van der Waals surface area contributed by atoms with E-state index in [1.165, 1.54) is 0 Å². The summed E-state index contributed by atoms with van der Waals surface area (Å²) in [7, 11) is 0. The second-order valence-corrected chi connectivity index (χ2v) is 3.84. The molecule has 0 fully saturated rings. The average Bonchev–Trinajstić information content (AvgIpc) is 2.69. The molecule has 0 bridgehead atoms. The molecule has 0 N–H and O–H groups in total. The minimum Gasteiger partial charge on any atom is -0.426 e. The van der Waals surface area contributed by atoms with E-state index in [0.29, 0.717) is 12.2 Å². The van der Waals surface area contributed by atoms with Crippen molar-refractivity contribution in [1.82, 2.24) is 0 Å². The van der Waals surface area contributed by atoms with Crippen molar-refractivity contribution in [2.75, 3.05) is 0 Å². The van der Waals surface area contributed by atoms with Crippen LogP contribution < -0.4 is 4.74 Å². The largest absolute Gasteiger partial charge is 0.426 e. The van der Waals surface area contributed by atoms with E-state index in [0.717, 1.165) is 16.7 Å². The SMILES string of the molecule is O=C1Cc2cc(-c3ccccc3)ccc2O1. The van der Waals surface area contributed by atoms with Crippen LogP contribution in [0.1, 0.15) is 5.56 Å². The predicted molar refractivity (Wildman–Crippen MR) is 61.2 cm³/mol. The van der Waals surface area contributed by atoms with Crippen LogP contribution in [0.2, 0.25) is 0 Å². The molecule has 1 heterocycles. The molecule has 2 aromatic rings. The molecule has 0 atom stereocenters. The molecule has 0 spiro atoms. The second-order valence-electron chi connectivity index (χ2n) is 3.84. The first-order chi connectivity index (χ1) is 7.83. The van der Waals surface area contributed by atoms with Crippen molar-refractivity contribution in [3.8, 4) is 16.9 Å². The normalized spacial score (nSPS) is 13.4. The third-order valence-electron chi connectivity index (χ3n) is 2.73. The zero-order valence-electron chi connectivity index (χ0n) is 8.64. The fourth-order valence-corrected chi connectivity index (χ4v) is 1.94. The molecule has 2 aromatic carbocycles. The van der Waals surface area contributed by atoms with Crippen LogP contribution >= 0.6 is 0 Å². The van der Waals surface area contributed by atoms with Gasteiger partial charge in [-0.1, -0.05) is 36.4 Å². The smallest absolute Gasteiger partial charge is 0.315 e. The topological polar surface area (TPSA) is 26.3 Å². The Morgan fingerprint density at radius 3 is 2.56 bits per heavy atom. The minimum atomic E-state index is -0.166. The van der Waals surface area contributed by atoms with Crippen molar-refractivity contribution < 1.29 is 9.53 Å². The molecule has 0 saturated heterocycles. The number of carbonyl (C=O) groups is 1. The molecule has 0 radical (unpaired) electrons. The lowest BCUT2D eigenvalue weighted by atomic mass is 10.0. The predicted octanol–water partition coefficient (Wildman–Crippen LogP) is 2.82. The van der Waals surface area contributed by atoms with Crippen LogP contribution in [-0.4, -0.2) is 5.97 Å². The van der Waals surface area contributed by atoms with Crippen LogP contribution in [0, 0.1) is 0 Å². The third-order valence-corrected chi connectivity index (χ3v) is 2.73. The van der Waals surface area contributed by atoms with Gasteiger partial charge in [-0.15, -0.1) is 0 Å². The first-order valence-electron chi connectivity index (χ1n) is 5.22. The van der Waals surface area contributed by atoms with Gasteiger partial charge in [0, 0.05) is 5.56 Å². The number of benzene rings is 2. The van der Waals surface area contributed by atoms with Crippen LogP contribution in [0.4, 0.5) is 0 Å². The Bertz CT molecular complexity index is 544. The summed E-state index contributed by atoms with van der Waals surface area (Å²) in [6, 6.07) is 16.0. The molecule has 0 aliphatic carbocycles. The van der Waals surface area contributed by atoms with E-state index in [-0.39, 0.29) is 5.97 Å². The molecule has 0 aromatic heterocycles. The lowest BCUT2D eigenvalue weighted by Gasteiger charge is -2.03. The van der Waals surface area contributed by atoms with Crippen molar-refractivity contribution in [2.24, 2.45) is 0 Å². The Labute approximate surface area is 93.5 Å². The van der Waals surface area contributed by atoms with E-state index in [1.54, 1.807) is 0 Å². The standard InChI is InChI=1S/C14H10O2/c15-14-9-12-8-11(6-7-13(12)16-14)10-4-2-1-3-5-10/h1-8H,9H2. The third kappa shape index (κ3) is 1.48. The van der Waals surface area contributed by atoms with Crippen molar-refractivity contribution in [3.05, 3.63) is 54.1 Å². The summed E-state index contributed by atoms with van der Waals surface area (Å²) >= 11 is 0. The van der Waals surface area contributed by atoms with Gasteiger partial charge in [-0.25, -0.2) is 0 Å². The fraction of sp³-hybridized carbons (Fsp3) is 0.0714. The Hall–Kier alpha value is -2.09. The first kappa shape index (κ1) is 9.16. The monoisotopic (exact) mass is 210 g/mol. The zero-order chi connectivity index (χ0) is 11.0. The van der Waals surface area contributed by atoms with Gasteiger partial charge in [0.1, 0.15) is 5.75 Å². The van der Waals surface area contributed by atoms with Gasteiger partial charge in [-0.2, -0.15) is 0 Å². The molecule has 0 unspecified atom stereocenters. The molecule has 78 valence electrons. The summed E-state index contributed by atoms with van der Waals surface area (Å²) in [5.41, 5.74) is 3.26. The van der Waals surface area contributed by atoms with Gasteiger partial charge in [0.25, 0.3) is 0 Å². The molecular formula is C14H10O2. The van der Waals surface area contributed by atoms with Gasteiger partial charge in [0.2, 0.25) is 0 Å². The second kappa shape index (κ2) is 3.49. The van der Waals surface area contributed by atoms with E-state index in [9.17, 15) is 4.79 Å². The molecule has 0 amide bonds. The Kier molecular flexibility index (Phi) is 2.00. The van der Waals surface area contributed by atoms with Crippen LogP contribution in [0.25, 0.3) is 11.1 Å². The van der Waals surface area contributed by atoms with Gasteiger partial charge < -0.3 is 4.74 Å². The van der Waals surface area contributed by atoms with Crippen LogP contribution in [0.5, 0.6) is 5.75 Å². The number of rotatable bonds is 1. The van der Waals surface area contributed by atoms with E-state index in [4.69, 9.17) is 4.74 Å². The van der Waals surface area contributed by atoms with Gasteiger partial charge in [0.15, 0.2) is 0 Å². The number of ether oxygens (including phenoxy) is 1. The lowest BCUT2D eigenvalue weighted by Crippen LogP contribution is -1.99. The van der Waals surface area contributed by atoms with E-state index in [2.05, 4.69) is 12.1 Å². The first-order valence-corrected chi connectivity index (χ1v) is 5.22. The fourth-order valence-electron chi connectivity index (χ4n) is 1.94. The number of esters is 1. The summed E-state index contributed by atoms with van der Waals surface area (Å²) < 4.78 is 5.06. The van der Waals surface area contributed by atoms with E-state index in [1.807, 2.05) is 36.4 Å². The van der Waals surface area contributed by atoms with E-state index >= 15 is 0 Å². The highest BCUT2D eigenvalue weighted by Gasteiger charge is 2.20. The molecule has 2 heteroatoms. The van der Waals surface area contributed by atoms with Crippen molar-refractivity contribution in [2.45, 2.75) is 6.42 Å². The number of carbonyl (C=O) groups excluding carboxylic acids is 1. The van der Waals surface area contributed by atoms with Gasteiger partial charge >= 0.3 is 5.97 Å².